The molecule has 0 aliphatic rings. The zero-order valence-electron chi connectivity index (χ0n) is 22.7. The highest BCUT2D eigenvalue weighted by molar-refractivity contribution is 7.13. The van der Waals surface area contributed by atoms with E-state index in [1.165, 1.54) is 6.07 Å². The number of hydrogen-bond acceptors (Lipinski definition) is 5. The molecule has 0 radical (unpaired) electrons. The van der Waals surface area contributed by atoms with Gasteiger partial charge in [0.1, 0.15) is 5.69 Å². The second-order valence-corrected chi connectivity index (χ2v) is 10.4. The van der Waals surface area contributed by atoms with Crippen LogP contribution >= 0.6 is 11.3 Å². The predicted molar refractivity (Wildman–Crippen MR) is 163 cm³/mol. The molecule has 0 saturated heterocycles. The van der Waals surface area contributed by atoms with Crippen molar-refractivity contribution >= 4 is 34.9 Å². The Labute approximate surface area is 232 Å². The van der Waals surface area contributed by atoms with Gasteiger partial charge in [0.2, 0.25) is 0 Å². The van der Waals surface area contributed by atoms with Gasteiger partial charge < -0.3 is 15.2 Å². The van der Waals surface area contributed by atoms with Crippen LogP contribution in [0.5, 0.6) is 0 Å². The number of hydrogen-bond donors (Lipinski definition) is 3. The smallest absolute Gasteiger partial charge is 0.177 e. The second-order valence-electron chi connectivity index (χ2n) is 9.40. The Kier molecular flexibility index (Phi) is 8.59. The van der Waals surface area contributed by atoms with Gasteiger partial charge in [0.15, 0.2) is 5.13 Å². The summed E-state index contributed by atoms with van der Waals surface area (Å²) in [6.45, 7) is 17.1. The van der Waals surface area contributed by atoms with Gasteiger partial charge in [0, 0.05) is 40.3 Å². The number of likely N-dealkylation sites (N-methyl/N-ethyl adjacent to an activating group) is 1. The van der Waals surface area contributed by atoms with E-state index in [0.29, 0.717) is 0 Å². The van der Waals surface area contributed by atoms with Gasteiger partial charge in [0.05, 0.1) is 21.6 Å². The molecule has 200 valence electrons. The zero-order valence-corrected chi connectivity index (χ0v) is 23.5. The molecule has 3 N–H and O–H groups in total. The number of allylic oxidation sites excluding steroid dienone is 6. The summed E-state index contributed by atoms with van der Waals surface area (Å²) in [4.78, 5) is 10.7. The summed E-state index contributed by atoms with van der Waals surface area (Å²) in [6, 6.07) is 7.09. The van der Waals surface area contributed by atoms with Gasteiger partial charge in [-0.3, -0.25) is 10.1 Å². The van der Waals surface area contributed by atoms with Crippen molar-refractivity contribution in [2.75, 3.05) is 20.6 Å². The fourth-order valence-electron chi connectivity index (χ4n) is 4.23. The number of nitrogens with zero attached hydrogens (tertiary/aromatic N) is 3. The first-order chi connectivity index (χ1) is 18.7. The lowest BCUT2D eigenvalue weighted by molar-refractivity contribution is 0.438. The van der Waals surface area contributed by atoms with Crippen molar-refractivity contribution in [3.05, 3.63) is 106 Å². The maximum atomic E-state index is 13.6. The highest BCUT2D eigenvalue weighted by atomic mass is 32.1. The normalized spacial score (nSPS) is 13.5. The minimum Gasteiger partial charge on any atom is -0.358 e. The molecule has 0 bridgehead atoms. The van der Waals surface area contributed by atoms with Crippen LogP contribution < -0.4 is 15.9 Å². The molecule has 4 rings (SSSR count). The maximum absolute atomic E-state index is 13.6. The number of thiophene rings is 1. The number of aromatic nitrogens is 4. The highest BCUT2D eigenvalue weighted by Gasteiger charge is 2.14. The van der Waals surface area contributed by atoms with Gasteiger partial charge in [0.25, 0.3) is 0 Å². The molecule has 0 saturated carbocycles. The Bertz CT molecular complexity index is 1730. The van der Waals surface area contributed by atoms with E-state index in [9.17, 15) is 4.39 Å². The Hall–Kier alpha value is -4.27. The fraction of sp³-hybridized carbons (Fsp3) is 0.161. The summed E-state index contributed by atoms with van der Waals surface area (Å²) in [6.07, 6.45) is 11.6. The van der Waals surface area contributed by atoms with Crippen molar-refractivity contribution < 1.29 is 4.39 Å². The number of halogens is 1. The molecule has 0 aliphatic heterocycles. The third-order valence-electron chi connectivity index (χ3n) is 6.13. The summed E-state index contributed by atoms with van der Waals surface area (Å²) in [7, 11) is 4.00. The number of nitrogens with one attached hydrogen (secondary N) is 3. The van der Waals surface area contributed by atoms with Crippen LogP contribution in [0.4, 0.5) is 4.39 Å². The Morgan fingerprint density at radius 1 is 1.23 bits per heavy atom. The van der Waals surface area contributed by atoms with Gasteiger partial charge in [-0.05, 0) is 81.6 Å². The molecule has 4 aromatic heterocycles. The van der Waals surface area contributed by atoms with Crippen molar-refractivity contribution in [1.29, 1.82) is 0 Å². The Balaban J connectivity index is 1.62. The largest absolute Gasteiger partial charge is 0.358 e. The monoisotopic (exact) mass is 540 g/mol. The molecule has 39 heavy (non-hydrogen) atoms. The third-order valence-corrected chi connectivity index (χ3v) is 7.01. The minimum atomic E-state index is -0.237. The van der Waals surface area contributed by atoms with E-state index < -0.39 is 0 Å². The van der Waals surface area contributed by atoms with E-state index in [2.05, 4.69) is 63.1 Å². The predicted octanol–water partition coefficient (Wildman–Crippen LogP) is 5.64. The molecule has 0 spiro atoms. The van der Waals surface area contributed by atoms with Gasteiger partial charge in [-0.15, -0.1) is 11.3 Å². The standard InChI is InChI=1S/C31H33FN6S/c1-8-22(16-23(9-2)34-20(4)18-38(6)7)19(3)10-11-25-21(5)30(37-36-25)27-17-24-26(35-27)14-15-33-31(24)28-12-13-29(32)39-28/h8-17,34-36H,2,4-5,18H2,1,3,6-7H3/b19-10+,22-8+,23-16+,25-11+. The van der Waals surface area contributed by atoms with Crippen LogP contribution in [0.25, 0.3) is 45.5 Å². The Morgan fingerprint density at radius 3 is 2.69 bits per heavy atom. The molecule has 0 fully saturated rings. The lowest BCUT2D eigenvalue weighted by Gasteiger charge is -2.15. The van der Waals surface area contributed by atoms with Gasteiger partial charge in [-0.1, -0.05) is 31.9 Å². The van der Waals surface area contributed by atoms with Crippen LogP contribution in [-0.4, -0.2) is 45.7 Å². The summed E-state index contributed by atoms with van der Waals surface area (Å²) >= 11 is 1.08. The van der Waals surface area contributed by atoms with Gasteiger partial charge >= 0.3 is 0 Å². The van der Waals surface area contributed by atoms with Crippen molar-refractivity contribution in [1.82, 2.24) is 30.4 Å². The van der Waals surface area contributed by atoms with E-state index in [0.717, 1.165) is 83.9 Å². The first-order valence-corrected chi connectivity index (χ1v) is 13.3. The molecule has 6 nitrogen and oxygen atoms in total. The van der Waals surface area contributed by atoms with Crippen LogP contribution in [0.15, 0.2) is 90.5 Å². The number of aromatic amines is 2. The van der Waals surface area contributed by atoms with Gasteiger partial charge in [-0.25, -0.2) is 0 Å². The third kappa shape index (κ3) is 6.42. The maximum Gasteiger partial charge on any atom is 0.177 e. The van der Waals surface area contributed by atoms with E-state index in [4.69, 9.17) is 0 Å². The fourth-order valence-corrected chi connectivity index (χ4v) is 4.97. The number of fused-ring (bicyclic) bond motifs is 1. The van der Waals surface area contributed by atoms with Crippen LogP contribution in [-0.2, 0) is 0 Å². The molecule has 0 aliphatic carbocycles. The number of pyridine rings is 1. The van der Waals surface area contributed by atoms with E-state index >= 15 is 0 Å². The lowest BCUT2D eigenvalue weighted by Crippen LogP contribution is -2.23. The zero-order chi connectivity index (χ0) is 28.1. The van der Waals surface area contributed by atoms with E-state index in [1.807, 2.05) is 51.4 Å². The molecular formula is C31H33FN6S. The van der Waals surface area contributed by atoms with E-state index in [-0.39, 0.29) is 5.13 Å². The van der Waals surface area contributed by atoms with Crippen LogP contribution in [0.2, 0.25) is 0 Å². The van der Waals surface area contributed by atoms with E-state index in [1.54, 1.807) is 18.3 Å². The summed E-state index contributed by atoms with van der Waals surface area (Å²) in [5, 5.41) is 13.2. The molecule has 4 aromatic rings. The molecular weight excluding hydrogens is 507 g/mol. The Morgan fingerprint density at radius 2 is 2.03 bits per heavy atom. The van der Waals surface area contributed by atoms with Crippen LogP contribution in [0.1, 0.15) is 13.8 Å². The van der Waals surface area contributed by atoms with Gasteiger partial charge in [-0.2, -0.15) is 9.49 Å². The molecule has 4 heterocycles. The summed E-state index contributed by atoms with van der Waals surface area (Å²) < 4.78 is 13.6. The molecule has 0 amide bonds. The van der Waals surface area contributed by atoms with Crippen molar-refractivity contribution in [2.45, 2.75) is 13.8 Å². The van der Waals surface area contributed by atoms with Crippen molar-refractivity contribution in [2.24, 2.45) is 0 Å². The second kappa shape index (κ2) is 12.1. The van der Waals surface area contributed by atoms with Crippen molar-refractivity contribution in [3.63, 3.8) is 0 Å². The lowest BCUT2D eigenvalue weighted by atomic mass is 10.1. The summed E-state index contributed by atoms with van der Waals surface area (Å²) in [5.41, 5.74) is 7.06. The number of rotatable bonds is 10. The average Bonchev–Trinajstić information content (AvgIpc) is 3.62. The molecule has 8 heteroatoms. The quantitative estimate of drug-likeness (QED) is 0.228. The first-order valence-electron chi connectivity index (χ1n) is 12.5. The SMILES string of the molecule is C=C\C(=C/C(=C\C)C(/C)=C/C=c1/[nH]nc(-c2cc3c(-c4ccc(F)s4)nccc3[nH]2)c1=C)NC(=C)CN(C)C. The van der Waals surface area contributed by atoms with Crippen molar-refractivity contribution in [3.8, 4) is 22.0 Å². The summed E-state index contributed by atoms with van der Waals surface area (Å²) in [5.74, 6) is 0. The highest BCUT2D eigenvalue weighted by Crippen LogP contribution is 2.33. The molecule has 0 aromatic carbocycles. The average molecular weight is 541 g/mol. The minimum absolute atomic E-state index is 0.237. The molecule has 0 unspecified atom stereocenters. The topological polar surface area (TPSA) is 72.6 Å². The van der Waals surface area contributed by atoms with Crippen LogP contribution in [0.3, 0.4) is 0 Å². The van der Waals surface area contributed by atoms with Crippen LogP contribution in [0, 0.1) is 5.13 Å². The molecule has 0 atom stereocenters. The first kappa shape index (κ1) is 27.8. The number of H-pyrrole nitrogens is 2.